The van der Waals surface area contributed by atoms with Crippen LogP contribution in [0.3, 0.4) is 0 Å². The number of nitrogens with zero attached hydrogens (tertiary/aromatic N) is 2. The largest absolute Gasteiger partial charge is 0.321 e. The predicted molar refractivity (Wildman–Crippen MR) is 120 cm³/mol. The second-order valence-corrected chi connectivity index (χ2v) is 9.71. The van der Waals surface area contributed by atoms with Crippen molar-refractivity contribution in [3.63, 3.8) is 0 Å². The molecule has 0 aliphatic carbocycles. The van der Waals surface area contributed by atoms with Gasteiger partial charge in [-0.15, -0.1) is 11.8 Å². The Hall–Kier alpha value is -2.55. The number of para-hydroxylation sites is 1. The zero-order valence-electron chi connectivity index (χ0n) is 16.0. The third kappa shape index (κ3) is 3.90. The fraction of sp³-hybridized carbons (Fsp3) is 0.143. The van der Waals surface area contributed by atoms with Gasteiger partial charge in [-0.2, -0.15) is 0 Å². The lowest BCUT2D eigenvalue weighted by Crippen LogP contribution is -2.29. The van der Waals surface area contributed by atoms with Crippen LogP contribution in [0.15, 0.2) is 70.7 Å². The molecule has 30 heavy (non-hydrogen) atoms. The summed E-state index contributed by atoms with van der Waals surface area (Å²) in [6, 6.07) is 15.1. The van der Waals surface area contributed by atoms with Gasteiger partial charge in [0.1, 0.15) is 4.90 Å². The van der Waals surface area contributed by atoms with Crippen molar-refractivity contribution in [1.82, 2.24) is 4.98 Å². The summed E-state index contributed by atoms with van der Waals surface area (Å²) in [7, 11) is -3.91. The summed E-state index contributed by atoms with van der Waals surface area (Å²) in [5.41, 5.74) is 2.32. The van der Waals surface area contributed by atoms with Crippen LogP contribution in [0.1, 0.15) is 15.9 Å². The normalized spacial score (nSPS) is 13.2. The summed E-state index contributed by atoms with van der Waals surface area (Å²) in [5.74, 6) is -0.441. The number of aromatic nitrogens is 1. The van der Waals surface area contributed by atoms with Crippen molar-refractivity contribution >= 4 is 50.7 Å². The van der Waals surface area contributed by atoms with Gasteiger partial charge in [-0.25, -0.2) is 13.4 Å². The highest BCUT2D eigenvalue weighted by Crippen LogP contribution is 2.35. The van der Waals surface area contributed by atoms with Crippen LogP contribution in [0, 0.1) is 0 Å². The second kappa shape index (κ2) is 8.29. The molecule has 1 aliphatic rings. The zero-order chi connectivity index (χ0) is 21.3. The van der Waals surface area contributed by atoms with Crippen molar-refractivity contribution in [2.45, 2.75) is 16.3 Å². The molecule has 3 aromatic rings. The van der Waals surface area contributed by atoms with Crippen LogP contribution in [0.5, 0.6) is 0 Å². The molecule has 1 aliphatic heterocycles. The van der Waals surface area contributed by atoms with Crippen LogP contribution >= 0.6 is 23.4 Å². The smallest absolute Gasteiger partial charge is 0.265 e. The van der Waals surface area contributed by atoms with Gasteiger partial charge in [0.2, 0.25) is 0 Å². The third-order valence-electron chi connectivity index (χ3n) is 4.81. The number of amides is 1. The first-order valence-electron chi connectivity index (χ1n) is 9.12. The van der Waals surface area contributed by atoms with Crippen LogP contribution < -0.4 is 9.62 Å². The highest BCUT2D eigenvalue weighted by atomic mass is 35.5. The van der Waals surface area contributed by atoms with E-state index in [0.29, 0.717) is 24.3 Å². The van der Waals surface area contributed by atoms with Crippen LogP contribution in [-0.4, -0.2) is 32.1 Å². The SMILES string of the molecule is CSc1ccc(NC(=O)c2ccc(Cl)c(S(=O)(=O)N3CCc4ccccc43)c2)cn1. The maximum Gasteiger partial charge on any atom is 0.265 e. The van der Waals surface area contributed by atoms with Gasteiger partial charge in [-0.1, -0.05) is 29.8 Å². The Balaban J connectivity index is 1.64. The molecule has 154 valence electrons. The minimum Gasteiger partial charge on any atom is -0.321 e. The fourth-order valence-electron chi connectivity index (χ4n) is 3.30. The van der Waals surface area contributed by atoms with Gasteiger partial charge in [0, 0.05) is 12.1 Å². The molecule has 0 atom stereocenters. The molecular formula is C21H18ClN3O3S2. The van der Waals surface area contributed by atoms with Crippen LogP contribution in [0.4, 0.5) is 11.4 Å². The Labute approximate surface area is 184 Å². The highest BCUT2D eigenvalue weighted by Gasteiger charge is 2.32. The second-order valence-electron chi connectivity index (χ2n) is 6.64. The lowest BCUT2D eigenvalue weighted by molar-refractivity contribution is 0.102. The van der Waals surface area contributed by atoms with Gasteiger partial charge in [0.05, 0.1) is 27.6 Å². The predicted octanol–water partition coefficient (Wildman–Crippen LogP) is 4.46. The Morgan fingerprint density at radius 1 is 1.17 bits per heavy atom. The number of thioether (sulfide) groups is 1. The summed E-state index contributed by atoms with van der Waals surface area (Å²) < 4.78 is 28.0. The minimum absolute atomic E-state index is 0.0712. The van der Waals surface area contributed by atoms with E-state index in [-0.39, 0.29) is 15.5 Å². The van der Waals surface area contributed by atoms with Gasteiger partial charge in [0.15, 0.2) is 0 Å². The molecule has 9 heteroatoms. The van der Waals surface area contributed by atoms with Crippen molar-refractivity contribution in [1.29, 1.82) is 0 Å². The van der Waals surface area contributed by atoms with Gasteiger partial charge in [0.25, 0.3) is 15.9 Å². The Bertz CT molecular complexity index is 1210. The van der Waals surface area contributed by atoms with E-state index in [1.807, 2.05) is 18.4 Å². The molecule has 2 heterocycles. The summed E-state index contributed by atoms with van der Waals surface area (Å²) in [4.78, 5) is 16.8. The fourth-order valence-corrected chi connectivity index (χ4v) is 5.67. The lowest BCUT2D eigenvalue weighted by Gasteiger charge is -2.20. The number of benzene rings is 2. The standard InChI is InChI=1S/C21H18ClN3O3S2/c1-29-20-9-7-16(13-23-20)24-21(26)15-6-8-17(22)19(12-15)30(27,28)25-11-10-14-4-2-3-5-18(14)25/h2-9,12-13H,10-11H2,1H3,(H,24,26). The van der Waals surface area contributed by atoms with Crippen molar-refractivity contribution < 1.29 is 13.2 Å². The number of carbonyl (C=O) groups excluding carboxylic acids is 1. The molecule has 1 aromatic heterocycles. The van der Waals surface area contributed by atoms with E-state index in [9.17, 15) is 13.2 Å². The zero-order valence-corrected chi connectivity index (χ0v) is 18.4. The number of hydrogen-bond donors (Lipinski definition) is 1. The number of fused-ring (bicyclic) bond motifs is 1. The van der Waals surface area contributed by atoms with Gasteiger partial charge in [-0.05, 0) is 54.6 Å². The first kappa shape index (κ1) is 20.7. The first-order chi connectivity index (χ1) is 14.4. The quantitative estimate of drug-likeness (QED) is 0.570. The minimum atomic E-state index is -3.91. The van der Waals surface area contributed by atoms with Gasteiger partial charge in [-0.3, -0.25) is 9.10 Å². The number of carbonyl (C=O) groups is 1. The van der Waals surface area contributed by atoms with E-state index in [2.05, 4.69) is 10.3 Å². The average molecular weight is 460 g/mol. The first-order valence-corrected chi connectivity index (χ1v) is 12.2. The average Bonchev–Trinajstić information content (AvgIpc) is 3.19. The van der Waals surface area contributed by atoms with E-state index in [0.717, 1.165) is 10.6 Å². The van der Waals surface area contributed by atoms with Crippen molar-refractivity contribution in [2.75, 3.05) is 22.4 Å². The molecular weight excluding hydrogens is 442 g/mol. The molecule has 1 amide bonds. The maximum atomic E-state index is 13.3. The van der Waals surface area contributed by atoms with E-state index >= 15 is 0 Å². The van der Waals surface area contributed by atoms with Crippen molar-refractivity contribution in [3.8, 4) is 0 Å². The highest BCUT2D eigenvalue weighted by molar-refractivity contribution is 7.98. The molecule has 0 saturated heterocycles. The number of rotatable bonds is 5. The molecule has 2 aromatic carbocycles. The molecule has 1 N–H and O–H groups in total. The lowest BCUT2D eigenvalue weighted by atomic mass is 10.2. The number of anilines is 2. The maximum absolute atomic E-state index is 13.3. The Morgan fingerprint density at radius 3 is 2.70 bits per heavy atom. The third-order valence-corrected chi connectivity index (χ3v) is 7.76. The number of sulfonamides is 1. The Kier molecular flexibility index (Phi) is 5.73. The van der Waals surface area contributed by atoms with Gasteiger partial charge < -0.3 is 5.32 Å². The van der Waals surface area contributed by atoms with Crippen molar-refractivity contribution in [2.24, 2.45) is 0 Å². The molecule has 0 saturated carbocycles. The van der Waals surface area contributed by atoms with Crippen LogP contribution in [0.2, 0.25) is 5.02 Å². The number of pyridine rings is 1. The molecule has 6 nitrogen and oxygen atoms in total. The molecule has 0 spiro atoms. The number of hydrogen-bond acceptors (Lipinski definition) is 5. The molecule has 0 bridgehead atoms. The summed E-state index contributed by atoms with van der Waals surface area (Å²) in [6.45, 7) is 0.335. The van der Waals surface area contributed by atoms with Crippen molar-refractivity contribution in [3.05, 3.63) is 76.9 Å². The molecule has 0 radical (unpaired) electrons. The van der Waals surface area contributed by atoms with E-state index in [1.165, 1.54) is 34.3 Å². The van der Waals surface area contributed by atoms with Crippen LogP contribution in [0.25, 0.3) is 0 Å². The van der Waals surface area contributed by atoms with Crippen LogP contribution in [-0.2, 0) is 16.4 Å². The molecule has 4 rings (SSSR count). The summed E-state index contributed by atoms with van der Waals surface area (Å²) >= 11 is 7.73. The number of nitrogens with one attached hydrogen (secondary N) is 1. The molecule has 0 fully saturated rings. The van der Waals surface area contributed by atoms with Gasteiger partial charge >= 0.3 is 0 Å². The Morgan fingerprint density at radius 2 is 1.97 bits per heavy atom. The van der Waals surface area contributed by atoms with E-state index in [1.54, 1.807) is 30.5 Å². The number of halogens is 1. The summed E-state index contributed by atoms with van der Waals surface area (Å²) in [6.07, 6.45) is 4.10. The molecule has 0 unspecified atom stereocenters. The summed E-state index contributed by atoms with van der Waals surface area (Å²) in [5, 5.41) is 3.63. The van der Waals surface area contributed by atoms with E-state index in [4.69, 9.17) is 11.6 Å². The topological polar surface area (TPSA) is 79.4 Å². The monoisotopic (exact) mass is 459 g/mol. The van der Waals surface area contributed by atoms with E-state index < -0.39 is 15.9 Å².